The van der Waals surface area contributed by atoms with E-state index >= 15 is 0 Å². The highest BCUT2D eigenvalue weighted by atomic mass is 31.2. The molecular weight excluding hydrogens is 399 g/mol. The van der Waals surface area contributed by atoms with Gasteiger partial charge < -0.3 is 4.52 Å². The Hall–Kier alpha value is -0.100. The van der Waals surface area contributed by atoms with Crippen LogP contribution in [0.4, 0.5) is 0 Å². The Bertz CT molecular complexity index is 342. The molecule has 0 heterocycles. The van der Waals surface area contributed by atoms with Gasteiger partial charge >= 0.3 is 5.97 Å². The molecular formula is C28H58O2P+. The minimum absolute atomic E-state index is 0.0961. The zero-order valence-electron chi connectivity index (χ0n) is 22.0. The van der Waals surface area contributed by atoms with Crippen LogP contribution in [0.25, 0.3) is 0 Å². The molecule has 2 nitrogen and oxygen atoms in total. The van der Waals surface area contributed by atoms with Gasteiger partial charge in [0.15, 0.2) is 7.49 Å². The van der Waals surface area contributed by atoms with Gasteiger partial charge in [0.1, 0.15) is 0 Å². The Balaban J connectivity index is 4.82. The topological polar surface area (TPSA) is 26.3 Å². The molecule has 0 bridgehead atoms. The van der Waals surface area contributed by atoms with Gasteiger partial charge in [-0.25, -0.2) is 4.79 Å². The molecule has 0 spiro atoms. The molecule has 0 unspecified atom stereocenters. The first-order valence-corrected chi connectivity index (χ1v) is 16.5. The Morgan fingerprint density at radius 1 is 0.484 bits per heavy atom. The van der Waals surface area contributed by atoms with Crippen LogP contribution < -0.4 is 0 Å². The fraction of sp³-hybridized carbons (Fsp3) is 0.964. The van der Waals surface area contributed by atoms with Crippen LogP contribution in [0, 0.1) is 0 Å². The molecule has 0 aromatic heterocycles. The van der Waals surface area contributed by atoms with E-state index in [9.17, 15) is 4.79 Å². The van der Waals surface area contributed by atoms with Crippen molar-refractivity contribution in [1.29, 1.82) is 0 Å². The van der Waals surface area contributed by atoms with E-state index in [1.165, 1.54) is 134 Å². The summed E-state index contributed by atoms with van der Waals surface area (Å²) in [5.41, 5.74) is 0. The molecule has 3 heteroatoms. The zero-order chi connectivity index (χ0) is 23.0. The van der Waals surface area contributed by atoms with Gasteiger partial charge in [-0.2, -0.15) is 0 Å². The molecule has 0 aliphatic carbocycles. The number of carbonyl (C=O) groups is 1. The lowest BCUT2D eigenvalue weighted by Crippen LogP contribution is -2.16. The molecule has 0 aliphatic heterocycles. The van der Waals surface area contributed by atoms with Crippen molar-refractivity contribution in [2.24, 2.45) is 0 Å². The van der Waals surface area contributed by atoms with Crippen molar-refractivity contribution in [3.8, 4) is 0 Å². The van der Waals surface area contributed by atoms with Gasteiger partial charge in [-0.05, 0) is 44.9 Å². The van der Waals surface area contributed by atoms with E-state index in [2.05, 4.69) is 27.7 Å². The summed E-state index contributed by atoms with van der Waals surface area (Å²) in [5, 5.41) is 0. The summed E-state index contributed by atoms with van der Waals surface area (Å²) in [6.07, 6.45) is 29.0. The van der Waals surface area contributed by atoms with Crippen LogP contribution in [0.3, 0.4) is 0 Å². The standard InChI is InChI=1S/C28H58O2P/c1-5-9-12-15-18-21-25-31(30-28(29)24-8-4,26-22-19-16-13-10-6-2)27-23-20-17-14-11-7-3/h5-27H2,1-4H3/q+1. The van der Waals surface area contributed by atoms with Gasteiger partial charge in [-0.3, -0.25) is 0 Å². The third kappa shape index (κ3) is 19.1. The molecule has 0 fully saturated rings. The van der Waals surface area contributed by atoms with E-state index in [0.29, 0.717) is 6.42 Å². The molecule has 0 aliphatic rings. The van der Waals surface area contributed by atoms with Gasteiger partial charge in [0.05, 0.1) is 18.5 Å². The summed E-state index contributed by atoms with van der Waals surface area (Å²) in [5.74, 6) is 0.0961. The lowest BCUT2D eigenvalue weighted by atomic mass is 10.1. The lowest BCUT2D eigenvalue weighted by molar-refractivity contribution is -0.134. The predicted octanol–water partition coefficient (Wildman–Crippen LogP) is 10.3. The Morgan fingerprint density at radius 2 is 0.806 bits per heavy atom. The van der Waals surface area contributed by atoms with E-state index in [0.717, 1.165) is 6.42 Å². The largest absolute Gasteiger partial charge is 0.349 e. The van der Waals surface area contributed by atoms with Gasteiger partial charge in [-0.15, -0.1) is 0 Å². The van der Waals surface area contributed by atoms with Crippen LogP contribution in [0.5, 0.6) is 0 Å². The molecule has 0 aromatic carbocycles. The van der Waals surface area contributed by atoms with Crippen LogP contribution in [-0.4, -0.2) is 24.5 Å². The van der Waals surface area contributed by atoms with Crippen molar-refractivity contribution >= 4 is 13.5 Å². The molecule has 0 saturated carbocycles. The molecule has 0 saturated heterocycles. The first kappa shape index (κ1) is 30.9. The van der Waals surface area contributed by atoms with Crippen LogP contribution in [-0.2, 0) is 9.32 Å². The molecule has 0 radical (unpaired) electrons. The Morgan fingerprint density at radius 3 is 1.13 bits per heavy atom. The highest BCUT2D eigenvalue weighted by Gasteiger charge is 2.41. The Labute approximate surface area is 197 Å². The Kier molecular flexibility index (Phi) is 23.0. The van der Waals surface area contributed by atoms with E-state index in [1.807, 2.05) is 0 Å². The quantitative estimate of drug-likeness (QED) is 0.106. The summed E-state index contributed by atoms with van der Waals surface area (Å²) in [7, 11) is -1.60. The molecule has 0 N–H and O–H groups in total. The number of carbonyl (C=O) groups excluding carboxylic acids is 1. The number of hydrogen-bond donors (Lipinski definition) is 0. The van der Waals surface area contributed by atoms with E-state index in [-0.39, 0.29) is 5.97 Å². The monoisotopic (exact) mass is 457 g/mol. The smallest absolute Gasteiger partial charge is 0.313 e. The predicted molar refractivity (Wildman–Crippen MR) is 143 cm³/mol. The van der Waals surface area contributed by atoms with Crippen molar-refractivity contribution in [3.63, 3.8) is 0 Å². The molecule has 0 aromatic rings. The van der Waals surface area contributed by atoms with E-state index in [4.69, 9.17) is 4.52 Å². The second-order valence-corrected chi connectivity index (χ2v) is 13.4. The van der Waals surface area contributed by atoms with E-state index < -0.39 is 7.49 Å². The zero-order valence-corrected chi connectivity index (χ0v) is 22.9. The van der Waals surface area contributed by atoms with E-state index in [1.54, 1.807) is 0 Å². The maximum Gasteiger partial charge on any atom is 0.349 e. The minimum atomic E-state index is -1.60. The fourth-order valence-electron chi connectivity index (χ4n) is 4.48. The number of unbranched alkanes of at least 4 members (excludes halogenated alkanes) is 15. The first-order chi connectivity index (χ1) is 15.1. The third-order valence-electron chi connectivity index (χ3n) is 6.51. The average Bonchev–Trinajstić information content (AvgIpc) is 2.75. The highest BCUT2D eigenvalue weighted by Crippen LogP contribution is 2.62. The van der Waals surface area contributed by atoms with Gasteiger partial charge in [-0.1, -0.05) is 105 Å². The highest BCUT2D eigenvalue weighted by molar-refractivity contribution is 7.71. The molecule has 186 valence electrons. The molecule has 0 amide bonds. The first-order valence-electron chi connectivity index (χ1n) is 14.2. The minimum Gasteiger partial charge on any atom is -0.313 e. The van der Waals surface area contributed by atoms with Crippen molar-refractivity contribution in [2.75, 3.05) is 18.5 Å². The molecule has 0 rings (SSSR count). The van der Waals surface area contributed by atoms with Crippen LogP contribution in [0.15, 0.2) is 0 Å². The van der Waals surface area contributed by atoms with Gasteiger partial charge in [0, 0.05) is 6.42 Å². The summed E-state index contributed by atoms with van der Waals surface area (Å²) in [4.78, 5) is 12.6. The van der Waals surface area contributed by atoms with Crippen molar-refractivity contribution in [3.05, 3.63) is 0 Å². The summed E-state index contributed by atoms with van der Waals surface area (Å²) in [6.45, 7) is 8.94. The molecule has 31 heavy (non-hydrogen) atoms. The van der Waals surface area contributed by atoms with Gasteiger partial charge in [0.2, 0.25) is 0 Å². The summed E-state index contributed by atoms with van der Waals surface area (Å²) < 4.78 is 6.43. The number of rotatable bonds is 24. The second-order valence-electron chi connectivity index (χ2n) is 9.75. The van der Waals surface area contributed by atoms with Gasteiger partial charge in [0.25, 0.3) is 0 Å². The van der Waals surface area contributed by atoms with Crippen molar-refractivity contribution in [2.45, 2.75) is 156 Å². The third-order valence-corrected chi connectivity index (χ3v) is 10.5. The summed E-state index contributed by atoms with van der Waals surface area (Å²) in [6, 6.07) is 0. The maximum atomic E-state index is 12.6. The summed E-state index contributed by atoms with van der Waals surface area (Å²) >= 11 is 0. The van der Waals surface area contributed by atoms with Crippen LogP contribution >= 0.6 is 7.49 Å². The second kappa shape index (κ2) is 23.1. The van der Waals surface area contributed by atoms with Crippen molar-refractivity contribution < 1.29 is 9.32 Å². The van der Waals surface area contributed by atoms with Crippen LogP contribution in [0.2, 0.25) is 0 Å². The number of hydrogen-bond acceptors (Lipinski definition) is 2. The fourth-order valence-corrected chi connectivity index (χ4v) is 8.35. The maximum absolute atomic E-state index is 12.6. The SMILES string of the molecule is CCCCCCCC[P+](CCCCCCCC)(CCCCCCCC)OC(=O)CCC. The van der Waals surface area contributed by atoms with Crippen LogP contribution in [0.1, 0.15) is 156 Å². The molecule has 0 atom stereocenters. The average molecular weight is 458 g/mol. The van der Waals surface area contributed by atoms with Crippen molar-refractivity contribution in [1.82, 2.24) is 0 Å². The lowest BCUT2D eigenvalue weighted by Gasteiger charge is -2.26. The normalized spacial score (nSPS) is 11.7.